The first-order valence-corrected chi connectivity index (χ1v) is 12.6. The fraction of sp³-hybridized carbons (Fsp3) is 0.458. The van der Waals surface area contributed by atoms with Crippen LogP contribution in [0.1, 0.15) is 61.5 Å². The Labute approximate surface area is 206 Å². The third kappa shape index (κ3) is 5.57. The molecule has 0 saturated carbocycles. The Morgan fingerprint density at radius 2 is 1.97 bits per heavy atom. The van der Waals surface area contributed by atoms with Gasteiger partial charge in [-0.05, 0) is 49.4 Å². The number of nitrogens with zero attached hydrogens (tertiary/aromatic N) is 3. The Morgan fingerprint density at radius 1 is 1.23 bits per heavy atom. The highest BCUT2D eigenvalue weighted by molar-refractivity contribution is 7.83. The van der Waals surface area contributed by atoms with E-state index in [4.69, 9.17) is 4.42 Å². The van der Waals surface area contributed by atoms with E-state index in [-0.39, 0.29) is 52.6 Å². The lowest BCUT2D eigenvalue weighted by atomic mass is 9.85. The van der Waals surface area contributed by atoms with Gasteiger partial charge in [0.2, 0.25) is 0 Å². The van der Waals surface area contributed by atoms with E-state index in [1.807, 2.05) is 39.8 Å². The van der Waals surface area contributed by atoms with E-state index in [1.54, 1.807) is 12.1 Å². The third-order valence-corrected chi connectivity index (χ3v) is 6.64. The standard InChI is InChI=1S/C24H31N5O5S/c1-14-10-11-18(34-14)20(24(2,3)4)26-22-21(27-35(33)28-22)25-17-9-5-8-16(19(17)31)23(32)29-12-6-7-15(30)13-29/h5,8-11,15,20,30-31H,6-7,12-13H2,1-4H3,(H,25,27)(H,26,28). The number of furan rings is 1. The van der Waals surface area contributed by atoms with Crippen LogP contribution in [0.3, 0.4) is 0 Å². The maximum atomic E-state index is 13.0. The minimum Gasteiger partial charge on any atom is -0.505 e. The van der Waals surface area contributed by atoms with Crippen LogP contribution in [-0.4, -0.2) is 56.1 Å². The summed E-state index contributed by atoms with van der Waals surface area (Å²) in [7, 11) is 0. The molecule has 0 spiro atoms. The molecule has 11 heteroatoms. The van der Waals surface area contributed by atoms with Crippen molar-refractivity contribution in [2.45, 2.75) is 52.7 Å². The molecule has 1 aromatic carbocycles. The molecular formula is C24H31N5O5S. The number of aromatic hydroxyl groups is 1. The first kappa shape index (κ1) is 24.9. The molecule has 188 valence electrons. The molecule has 10 nitrogen and oxygen atoms in total. The van der Waals surface area contributed by atoms with Gasteiger partial charge >= 0.3 is 0 Å². The maximum Gasteiger partial charge on any atom is 0.269 e. The van der Waals surface area contributed by atoms with Crippen LogP contribution in [0.5, 0.6) is 5.75 Å². The van der Waals surface area contributed by atoms with Crippen LogP contribution in [0.4, 0.5) is 5.69 Å². The predicted octanol–water partition coefficient (Wildman–Crippen LogP) is 3.07. The highest BCUT2D eigenvalue weighted by Crippen LogP contribution is 2.34. The van der Waals surface area contributed by atoms with Crippen LogP contribution in [0, 0.1) is 12.3 Å². The molecule has 2 aliphatic rings. The summed E-state index contributed by atoms with van der Waals surface area (Å²) in [6, 6.07) is 8.21. The number of aliphatic hydroxyl groups is 1. The number of β-amino-alcohol motifs (C(OH)–C–C–N with tert-alkyl or cyclic N) is 1. The molecule has 0 radical (unpaired) electrons. The normalized spacial score (nSPS) is 21.3. The maximum absolute atomic E-state index is 13.0. The minimum absolute atomic E-state index is 0.105. The fourth-order valence-corrected chi connectivity index (χ4v) is 4.78. The second-order valence-electron chi connectivity index (χ2n) is 9.88. The first-order valence-electron chi connectivity index (χ1n) is 11.5. The highest BCUT2D eigenvalue weighted by atomic mass is 32.2. The van der Waals surface area contributed by atoms with Gasteiger partial charge in [0.25, 0.3) is 17.1 Å². The van der Waals surface area contributed by atoms with E-state index in [0.29, 0.717) is 25.1 Å². The van der Waals surface area contributed by atoms with Crippen molar-refractivity contribution < 1.29 is 23.6 Å². The van der Waals surface area contributed by atoms with Crippen LogP contribution >= 0.6 is 0 Å². The first-order chi connectivity index (χ1) is 16.5. The van der Waals surface area contributed by atoms with Gasteiger partial charge in [0, 0.05) is 13.1 Å². The molecule has 1 fully saturated rings. The van der Waals surface area contributed by atoms with E-state index in [1.165, 1.54) is 11.0 Å². The molecule has 4 rings (SSSR count). The van der Waals surface area contributed by atoms with Crippen molar-refractivity contribution in [1.82, 2.24) is 10.2 Å². The Balaban J connectivity index is 1.56. The number of piperidine rings is 1. The molecule has 0 aliphatic carbocycles. The van der Waals surface area contributed by atoms with Crippen molar-refractivity contribution in [2.75, 3.05) is 18.4 Å². The van der Waals surface area contributed by atoms with Crippen molar-refractivity contribution in [3.8, 4) is 5.75 Å². The fourth-order valence-electron chi connectivity index (χ4n) is 4.15. The number of benzene rings is 1. The average Bonchev–Trinajstić information content (AvgIpc) is 3.36. The second-order valence-corrected chi connectivity index (χ2v) is 10.7. The number of para-hydroxylation sites is 1. The van der Waals surface area contributed by atoms with Crippen molar-refractivity contribution in [3.63, 3.8) is 0 Å². The Bertz CT molecular complexity index is 1200. The lowest BCUT2D eigenvalue weighted by Crippen LogP contribution is -2.42. The van der Waals surface area contributed by atoms with Crippen LogP contribution in [0.25, 0.3) is 0 Å². The summed E-state index contributed by atoms with van der Waals surface area (Å²) in [4.78, 5) is 14.5. The van der Waals surface area contributed by atoms with E-state index in [0.717, 1.165) is 5.76 Å². The molecule has 4 N–H and O–H groups in total. The van der Waals surface area contributed by atoms with Crippen LogP contribution in [0.15, 0.2) is 43.5 Å². The molecule has 3 atom stereocenters. The third-order valence-electron chi connectivity index (χ3n) is 5.96. The van der Waals surface area contributed by atoms with Crippen molar-refractivity contribution >= 4 is 34.4 Å². The number of hydrogen-bond donors (Lipinski definition) is 4. The Hall–Kier alpha value is -3.18. The quantitative estimate of drug-likeness (QED) is 0.472. The van der Waals surface area contributed by atoms with Crippen LogP contribution < -0.4 is 10.6 Å². The summed E-state index contributed by atoms with van der Waals surface area (Å²) in [6.07, 6.45) is 0.776. The summed E-state index contributed by atoms with van der Waals surface area (Å²) >= 11 is -1.84. The summed E-state index contributed by atoms with van der Waals surface area (Å²) in [5.74, 6) is 1.28. The number of likely N-dealkylation sites (tertiary alicyclic amines) is 1. The molecule has 2 aromatic rings. The molecular weight excluding hydrogens is 470 g/mol. The number of amidine groups is 2. The highest BCUT2D eigenvalue weighted by Gasteiger charge is 2.33. The molecule has 1 aromatic heterocycles. The van der Waals surface area contributed by atoms with Gasteiger partial charge in [0.05, 0.1) is 23.4 Å². The molecule has 3 heterocycles. The van der Waals surface area contributed by atoms with Gasteiger partial charge in [-0.25, -0.2) is 4.21 Å². The number of hydrogen-bond acceptors (Lipinski definition) is 7. The number of aryl methyl sites for hydroxylation is 1. The Morgan fingerprint density at radius 3 is 2.63 bits per heavy atom. The van der Waals surface area contributed by atoms with E-state index in [9.17, 15) is 19.2 Å². The van der Waals surface area contributed by atoms with Gasteiger partial charge in [-0.1, -0.05) is 26.8 Å². The number of nitrogens with one attached hydrogen (secondary N) is 2. The monoisotopic (exact) mass is 501 g/mol. The zero-order valence-corrected chi connectivity index (χ0v) is 21.1. The van der Waals surface area contributed by atoms with E-state index >= 15 is 0 Å². The van der Waals surface area contributed by atoms with Gasteiger partial charge in [0.1, 0.15) is 11.5 Å². The van der Waals surface area contributed by atoms with Gasteiger partial charge in [-0.15, -0.1) is 8.80 Å². The number of rotatable bonds is 4. The van der Waals surface area contributed by atoms with Crippen molar-refractivity contribution in [1.29, 1.82) is 0 Å². The molecule has 2 aliphatic heterocycles. The average molecular weight is 502 g/mol. The van der Waals surface area contributed by atoms with Crippen molar-refractivity contribution in [3.05, 3.63) is 47.4 Å². The zero-order chi connectivity index (χ0) is 25.3. The number of phenols is 1. The molecule has 1 amide bonds. The summed E-state index contributed by atoms with van der Waals surface area (Å²) in [5, 5.41) is 27.1. The number of amides is 1. The number of carbonyl (C=O) groups is 1. The largest absolute Gasteiger partial charge is 0.505 e. The molecule has 3 unspecified atom stereocenters. The summed E-state index contributed by atoms with van der Waals surface area (Å²) in [5.41, 5.74) is 0.0470. The minimum atomic E-state index is -1.84. The van der Waals surface area contributed by atoms with Gasteiger partial charge in [0.15, 0.2) is 17.4 Å². The summed E-state index contributed by atoms with van der Waals surface area (Å²) < 4.78 is 26.2. The van der Waals surface area contributed by atoms with Gasteiger partial charge in [-0.3, -0.25) is 4.79 Å². The lowest BCUT2D eigenvalue weighted by Gasteiger charge is -2.31. The van der Waals surface area contributed by atoms with Crippen LogP contribution in [0.2, 0.25) is 0 Å². The van der Waals surface area contributed by atoms with Gasteiger partial charge in [-0.2, -0.15) is 0 Å². The topological polar surface area (TPSA) is 140 Å². The smallest absolute Gasteiger partial charge is 0.269 e. The molecule has 35 heavy (non-hydrogen) atoms. The number of aliphatic hydroxyl groups excluding tert-OH is 1. The predicted molar refractivity (Wildman–Crippen MR) is 135 cm³/mol. The van der Waals surface area contributed by atoms with Gasteiger partial charge < -0.3 is 30.2 Å². The SMILES string of the molecule is Cc1ccc(C(NC2=NS(=O)N=C2Nc2cccc(C(=O)N3CCCC(O)C3)c2O)C(C)(C)C)o1. The van der Waals surface area contributed by atoms with E-state index < -0.39 is 17.3 Å². The second kappa shape index (κ2) is 9.82. The van der Waals surface area contributed by atoms with Crippen molar-refractivity contribution in [2.24, 2.45) is 14.2 Å². The Kier molecular flexibility index (Phi) is 7.00. The van der Waals surface area contributed by atoms with Crippen LogP contribution in [-0.2, 0) is 11.2 Å². The van der Waals surface area contributed by atoms with E-state index in [2.05, 4.69) is 19.4 Å². The summed E-state index contributed by atoms with van der Waals surface area (Å²) in [6.45, 7) is 8.72. The number of carbonyl (C=O) groups excluding carboxylic acids is 1. The lowest BCUT2D eigenvalue weighted by molar-refractivity contribution is 0.0471. The zero-order valence-electron chi connectivity index (χ0n) is 20.2. The number of anilines is 1. The molecule has 0 bridgehead atoms. The molecule has 1 saturated heterocycles. The number of phenolic OH excluding ortho intramolecular Hbond substituents is 1.